The molecule has 0 heterocycles. The quantitative estimate of drug-likeness (QED) is 0.478. The van der Waals surface area contributed by atoms with Crippen LogP contribution in [0.1, 0.15) is 106 Å². The zero-order chi connectivity index (χ0) is 24.2. The summed E-state index contributed by atoms with van der Waals surface area (Å²) in [5, 5.41) is 12.3. The van der Waals surface area contributed by atoms with Crippen LogP contribution in [0.4, 0.5) is 0 Å². The van der Waals surface area contributed by atoms with Gasteiger partial charge >= 0.3 is 5.97 Å². The second kappa shape index (κ2) is 8.81. The van der Waals surface area contributed by atoms with E-state index in [1.54, 1.807) is 0 Å². The molecule has 0 bridgehead atoms. The van der Waals surface area contributed by atoms with E-state index >= 15 is 0 Å². The van der Waals surface area contributed by atoms with Crippen molar-refractivity contribution >= 4 is 11.8 Å². The Hall–Kier alpha value is -1.16. The van der Waals surface area contributed by atoms with Crippen LogP contribution in [-0.4, -0.2) is 28.6 Å². The molecule has 4 aliphatic rings. The summed E-state index contributed by atoms with van der Waals surface area (Å²) in [4.78, 5) is 24.9. The molecule has 0 aromatic carbocycles. The lowest BCUT2D eigenvalue weighted by molar-refractivity contribution is -0.175. The van der Waals surface area contributed by atoms with E-state index in [4.69, 9.17) is 4.74 Å². The molecule has 1 N–H and O–H groups in total. The second-order valence-corrected chi connectivity index (χ2v) is 12.9. The normalized spacial score (nSPS) is 43.4. The molecular weight excluding hydrogens is 412 g/mol. The zero-order valence-electron chi connectivity index (χ0n) is 21.8. The molecule has 4 aliphatic carbocycles. The van der Waals surface area contributed by atoms with Gasteiger partial charge < -0.3 is 9.84 Å². The number of hydrogen-bond donors (Lipinski definition) is 1. The number of carbonyl (C=O) groups is 2. The average Bonchev–Trinajstić information content (AvgIpc) is 3.07. The van der Waals surface area contributed by atoms with Crippen LogP contribution in [0.25, 0.3) is 0 Å². The van der Waals surface area contributed by atoms with Gasteiger partial charge in [0.15, 0.2) is 5.78 Å². The minimum Gasteiger partial charge on any atom is -0.463 e. The maximum Gasteiger partial charge on any atom is 0.302 e. The number of allylic oxidation sites excluding steroid dienone is 1. The van der Waals surface area contributed by atoms with Crippen molar-refractivity contribution in [3.05, 3.63) is 11.6 Å². The van der Waals surface area contributed by atoms with Crippen LogP contribution >= 0.6 is 0 Å². The third-order valence-corrected chi connectivity index (χ3v) is 10.6. The van der Waals surface area contributed by atoms with Crippen molar-refractivity contribution < 1.29 is 19.4 Å². The molecule has 2 unspecified atom stereocenters. The summed E-state index contributed by atoms with van der Waals surface area (Å²) in [7, 11) is 0. The predicted molar refractivity (Wildman–Crippen MR) is 130 cm³/mol. The van der Waals surface area contributed by atoms with Gasteiger partial charge in [0.05, 0.1) is 5.60 Å². The Balaban J connectivity index is 1.58. The van der Waals surface area contributed by atoms with Crippen molar-refractivity contribution in [2.45, 2.75) is 117 Å². The minimum atomic E-state index is -0.910. The van der Waals surface area contributed by atoms with E-state index in [1.165, 1.54) is 32.6 Å². The van der Waals surface area contributed by atoms with Crippen LogP contribution in [0.2, 0.25) is 0 Å². The maximum absolute atomic E-state index is 13.4. The van der Waals surface area contributed by atoms with Gasteiger partial charge in [-0.3, -0.25) is 9.59 Å². The van der Waals surface area contributed by atoms with E-state index in [9.17, 15) is 14.7 Å². The summed E-state index contributed by atoms with van der Waals surface area (Å²) in [6.07, 6.45) is 11.6. The maximum atomic E-state index is 13.4. The van der Waals surface area contributed by atoms with Gasteiger partial charge in [0.2, 0.25) is 0 Å². The van der Waals surface area contributed by atoms with E-state index in [2.05, 4.69) is 34.6 Å². The minimum absolute atomic E-state index is 0.145. The average molecular weight is 459 g/mol. The highest BCUT2D eigenvalue weighted by Gasteiger charge is 2.66. The highest BCUT2D eigenvalue weighted by atomic mass is 16.5. The van der Waals surface area contributed by atoms with Crippen LogP contribution in [0.5, 0.6) is 0 Å². The first kappa shape index (κ1) is 24.9. The highest BCUT2D eigenvalue weighted by Crippen LogP contribution is 2.68. The van der Waals surface area contributed by atoms with Gasteiger partial charge in [0.1, 0.15) is 6.10 Å². The van der Waals surface area contributed by atoms with E-state index in [-0.39, 0.29) is 29.2 Å². The number of ketones is 1. The molecule has 4 heteroatoms. The molecule has 0 aliphatic heterocycles. The van der Waals surface area contributed by atoms with Crippen LogP contribution in [0.3, 0.4) is 0 Å². The Kier molecular flexibility index (Phi) is 6.66. The highest BCUT2D eigenvalue weighted by molar-refractivity contribution is 5.95. The van der Waals surface area contributed by atoms with Gasteiger partial charge in [-0.25, -0.2) is 0 Å². The van der Waals surface area contributed by atoms with Crippen LogP contribution < -0.4 is 0 Å². The lowest BCUT2D eigenvalue weighted by Gasteiger charge is -2.61. The van der Waals surface area contributed by atoms with E-state index in [1.807, 2.05) is 6.08 Å². The summed E-state index contributed by atoms with van der Waals surface area (Å²) < 4.78 is 5.48. The number of aliphatic hydroxyl groups is 1. The molecule has 0 aromatic rings. The molecule has 8 atom stereocenters. The summed E-state index contributed by atoms with van der Waals surface area (Å²) in [5.41, 5.74) is -0.157. The first-order valence-electron chi connectivity index (χ1n) is 13.6. The fourth-order valence-electron chi connectivity index (χ4n) is 8.63. The van der Waals surface area contributed by atoms with Crippen LogP contribution in [0.15, 0.2) is 11.6 Å². The first-order chi connectivity index (χ1) is 15.4. The third-order valence-electron chi connectivity index (χ3n) is 10.6. The fraction of sp³-hybridized carbons (Fsp3) is 0.862. The Morgan fingerprint density at radius 2 is 1.82 bits per heavy atom. The van der Waals surface area contributed by atoms with E-state index < -0.39 is 11.0 Å². The third kappa shape index (κ3) is 4.02. The SMILES string of the molecule is CC(=O)OC1CC[C@@]2(C)C(C1)C(=O)C=C1[C@@H]3CC[C@H]([C@H](C)CCCC(C)C)[C@@]3(C)CC[C@@]12O. The van der Waals surface area contributed by atoms with Crippen molar-refractivity contribution in [2.24, 2.45) is 40.4 Å². The number of esters is 1. The number of hydrogen-bond acceptors (Lipinski definition) is 4. The van der Waals surface area contributed by atoms with Gasteiger partial charge in [-0.1, -0.05) is 53.9 Å². The Bertz CT molecular complexity index is 814. The van der Waals surface area contributed by atoms with Crippen molar-refractivity contribution in [1.82, 2.24) is 0 Å². The molecule has 33 heavy (non-hydrogen) atoms. The molecule has 0 spiro atoms. The van der Waals surface area contributed by atoms with Gasteiger partial charge in [0.25, 0.3) is 0 Å². The monoisotopic (exact) mass is 458 g/mol. The van der Waals surface area contributed by atoms with E-state index in [0.29, 0.717) is 24.2 Å². The van der Waals surface area contributed by atoms with Crippen molar-refractivity contribution in [3.63, 3.8) is 0 Å². The molecule has 0 aromatic heterocycles. The lowest BCUT2D eigenvalue weighted by atomic mass is 9.45. The molecule has 4 rings (SSSR count). The van der Waals surface area contributed by atoms with Crippen molar-refractivity contribution in [1.29, 1.82) is 0 Å². The number of fused-ring (bicyclic) bond motifs is 5. The lowest BCUT2D eigenvalue weighted by Crippen LogP contribution is -2.63. The van der Waals surface area contributed by atoms with Gasteiger partial charge in [-0.15, -0.1) is 0 Å². The predicted octanol–water partition coefficient (Wildman–Crippen LogP) is 6.25. The zero-order valence-corrected chi connectivity index (χ0v) is 21.8. The molecule has 0 saturated heterocycles. The number of ether oxygens (including phenoxy) is 1. The van der Waals surface area contributed by atoms with Crippen LogP contribution in [0, 0.1) is 40.4 Å². The fourth-order valence-corrected chi connectivity index (χ4v) is 8.63. The summed E-state index contributed by atoms with van der Waals surface area (Å²) >= 11 is 0. The smallest absolute Gasteiger partial charge is 0.302 e. The molecule has 186 valence electrons. The Labute approximate surface area is 200 Å². The second-order valence-electron chi connectivity index (χ2n) is 12.9. The van der Waals surface area contributed by atoms with Crippen LogP contribution in [-0.2, 0) is 14.3 Å². The summed E-state index contributed by atoms with van der Waals surface area (Å²) in [6.45, 7) is 13.1. The Morgan fingerprint density at radius 1 is 1.09 bits per heavy atom. The molecule has 0 amide bonds. The first-order valence-corrected chi connectivity index (χ1v) is 13.6. The molecule has 4 nitrogen and oxygen atoms in total. The molecule has 0 radical (unpaired) electrons. The number of carbonyl (C=O) groups excluding carboxylic acids is 2. The Morgan fingerprint density at radius 3 is 2.48 bits per heavy atom. The van der Waals surface area contributed by atoms with Gasteiger partial charge in [0, 0.05) is 18.3 Å². The van der Waals surface area contributed by atoms with Crippen molar-refractivity contribution in [3.8, 4) is 0 Å². The largest absolute Gasteiger partial charge is 0.463 e. The van der Waals surface area contributed by atoms with Gasteiger partial charge in [-0.2, -0.15) is 0 Å². The molecular formula is C29H46O4. The summed E-state index contributed by atoms with van der Waals surface area (Å²) in [5.74, 6) is 2.02. The van der Waals surface area contributed by atoms with Crippen molar-refractivity contribution in [2.75, 3.05) is 0 Å². The standard InChI is InChI=1S/C29H46O4/c1-18(2)8-7-9-19(3)22-10-11-23-24-17-26(31)25-16-21(33-20(4)30)12-13-28(25,6)29(24,32)15-14-27(22,23)5/h17-19,21-23,25,32H,7-16H2,1-6H3/t19-,21?,22-,23+,25?,27-,28+,29-/m1/s1. The topological polar surface area (TPSA) is 63.6 Å². The number of rotatable bonds is 6. The van der Waals surface area contributed by atoms with Gasteiger partial charge in [-0.05, 0) is 85.7 Å². The molecule has 3 saturated carbocycles. The van der Waals surface area contributed by atoms with E-state index in [0.717, 1.165) is 43.6 Å². The summed E-state index contributed by atoms with van der Waals surface area (Å²) in [6, 6.07) is 0. The molecule has 3 fully saturated rings.